The van der Waals surface area contributed by atoms with Gasteiger partial charge in [-0.1, -0.05) is 36.8 Å². The molecule has 1 aliphatic rings. The van der Waals surface area contributed by atoms with Crippen LogP contribution < -0.4 is 10.1 Å². The molecule has 1 aromatic carbocycles. The first-order valence-electron chi connectivity index (χ1n) is 9.08. The van der Waals surface area contributed by atoms with Crippen LogP contribution in [0.25, 0.3) is 0 Å². The Kier molecular flexibility index (Phi) is 5.28. The van der Waals surface area contributed by atoms with Gasteiger partial charge in [-0.05, 0) is 49.3 Å². The van der Waals surface area contributed by atoms with E-state index in [1.54, 1.807) is 20.1 Å². The maximum atomic E-state index is 12.8. The number of hydrogen-bond donors (Lipinski definition) is 2. The van der Waals surface area contributed by atoms with Crippen molar-refractivity contribution >= 4 is 5.91 Å². The van der Waals surface area contributed by atoms with Gasteiger partial charge in [-0.2, -0.15) is 0 Å². The van der Waals surface area contributed by atoms with Crippen LogP contribution in [-0.4, -0.2) is 23.1 Å². The molecule has 26 heavy (non-hydrogen) atoms. The Labute approximate surface area is 154 Å². The summed E-state index contributed by atoms with van der Waals surface area (Å²) in [5.74, 6) is 0.664. The molecule has 0 spiro atoms. The summed E-state index contributed by atoms with van der Waals surface area (Å²) in [5, 5.41) is 13.8. The van der Waals surface area contributed by atoms with Crippen LogP contribution in [0, 0.1) is 6.92 Å². The maximum absolute atomic E-state index is 12.8. The molecule has 1 aromatic heterocycles. The molecule has 0 radical (unpaired) electrons. The summed E-state index contributed by atoms with van der Waals surface area (Å²) < 4.78 is 5.32. The Morgan fingerprint density at radius 2 is 2.15 bits per heavy atom. The second-order valence-corrected chi connectivity index (χ2v) is 6.98. The van der Waals surface area contributed by atoms with Crippen molar-refractivity contribution in [2.45, 2.75) is 51.2 Å². The van der Waals surface area contributed by atoms with Gasteiger partial charge < -0.3 is 15.2 Å². The average molecular weight is 354 g/mol. The smallest absolute Gasteiger partial charge is 0.256 e. The number of amides is 1. The summed E-state index contributed by atoms with van der Waals surface area (Å²) in [6.45, 7) is 4.01. The van der Waals surface area contributed by atoms with Gasteiger partial charge in [0.15, 0.2) is 5.60 Å². The number of carbonyl (C=O) groups is 1. The molecule has 2 N–H and O–H groups in total. The van der Waals surface area contributed by atoms with Gasteiger partial charge in [0, 0.05) is 18.3 Å². The molecular weight excluding hydrogens is 328 g/mol. The molecule has 0 aliphatic heterocycles. The van der Waals surface area contributed by atoms with Crippen molar-refractivity contribution in [2.24, 2.45) is 0 Å². The van der Waals surface area contributed by atoms with Gasteiger partial charge >= 0.3 is 0 Å². The number of methoxy groups -OCH3 is 1. The zero-order valence-electron chi connectivity index (χ0n) is 15.6. The number of aromatic nitrogens is 1. The molecule has 1 heterocycles. The summed E-state index contributed by atoms with van der Waals surface area (Å²) >= 11 is 0. The van der Waals surface area contributed by atoms with Gasteiger partial charge in [-0.3, -0.25) is 4.79 Å². The topological polar surface area (TPSA) is 71.5 Å². The van der Waals surface area contributed by atoms with Crippen LogP contribution >= 0.6 is 0 Å². The Hall–Kier alpha value is -2.40. The minimum Gasteiger partial charge on any atom is -0.481 e. The number of nitrogens with one attached hydrogen (secondary N) is 1. The molecule has 0 unspecified atom stereocenters. The lowest BCUT2D eigenvalue weighted by Gasteiger charge is -2.26. The summed E-state index contributed by atoms with van der Waals surface area (Å²) in [6, 6.07) is 9.47. The molecule has 0 bridgehead atoms. The molecule has 1 aliphatic carbocycles. The molecule has 1 saturated carbocycles. The third kappa shape index (κ3) is 3.73. The predicted octanol–water partition coefficient (Wildman–Crippen LogP) is 3.19. The van der Waals surface area contributed by atoms with E-state index in [0.29, 0.717) is 23.8 Å². The highest BCUT2D eigenvalue weighted by Gasteiger charge is 2.36. The Morgan fingerprint density at radius 1 is 1.38 bits per heavy atom. The number of ether oxygens (including phenoxy) is 1. The maximum Gasteiger partial charge on any atom is 0.256 e. The van der Waals surface area contributed by atoms with Crippen LogP contribution in [0.15, 0.2) is 36.5 Å². The molecule has 3 rings (SSSR count). The predicted molar refractivity (Wildman–Crippen MR) is 100.0 cm³/mol. The van der Waals surface area contributed by atoms with Crippen molar-refractivity contribution in [3.63, 3.8) is 0 Å². The molecule has 1 amide bonds. The molecule has 1 fully saturated rings. The van der Waals surface area contributed by atoms with E-state index in [1.165, 1.54) is 18.4 Å². The van der Waals surface area contributed by atoms with E-state index in [-0.39, 0.29) is 6.54 Å². The van der Waals surface area contributed by atoms with Gasteiger partial charge in [0.05, 0.1) is 7.11 Å². The van der Waals surface area contributed by atoms with Gasteiger partial charge in [-0.25, -0.2) is 4.98 Å². The van der Waals surface area contributed by atoms with Gasteiger partial charge in [0.25, 0.3) is 5.91 Å². The zero-order valence-corrected chi connectivity index (χ0v) is 15.6. The van der Waals surface area contributed by atoms with E-state index in [1.807, 2.05) is 37.4 Å². The minimum absolute atomic E-state index is 0.268. The summed E-state index contributed by atoms with van der Waals surface area (Å²) in [7, 11) is 1.57. The highest BCUT2D eigenvalue weighted by atomic mass is 16.5. The molecular formula is C21H26N2O3. The number of nitrogens with zero attached hydrogens (tertiary/aromatic N) is 1. The number of pyridine rings is 1. The van der Waals surface area contributed by atoms with E-state index in [4.69, 9.17) is 4.74 Å². The first-order valence-corrected chi connectivity index (χ1v) is 9.08. The summed E-state index contributed by atoms with van der Waals surface area (Å²) in [5.41, 5.74) is 2.06. The first-order chi connectivity index (χ1) is 12.5. The van der Waals surface area contributed by atoms with Crippen LogP contribution in [0.4, 0.5) is 0 Å². The number of aryl methyl sites for hydroxylation is 1. The Bertz CT molecular complexity index is 802. The number of carbonyl (C=O) groups excluding carboxylic acids is 1. The van der Waals surface area contributed by atoms with Crippen LogP contribution in [0.5, 0.6) is 5.88 Å². The van der Waals surface area contributed by atoms with Crippen molar-refractivity contribution in [3.8, 4) is 5.88 Å². The average Bonchev–Trinajstić information content (AvgIpc) is 3.50. The normalized spacial score (nSPS) is 16.0. The van der Waals surface area contributed by atoms with E-state index in [9.17, 15) is 9.90 Å². The molecule has 1 atom stereocenters. The second kappa shape index (κ2) is 7.46. The standard InChI is InChI=1S/C21H26N2O3/c1-4-21(25,18-7-5-6-14(2)10-18)20(24)23-13-17-11-16(15-8-9-15)12-22-19(17)26-3/h5-7,10-12,15,25H,4,8-9,13H2,1-3H3,(H,23,24)/t21-/m1/s1. The quantitative estimate of drug-likeness (QED) is 0.801. The second-order valence-electron chi connectivity index (χ2n) is 6.98. The van der Waals surface area contributed by atoms with Gasteiger partial charge in [-0.15, -0.1) is 0 Å². The number of rotatable bonds is 7. The fourth-order valence-corrected chi connectivity index (χ4v) is 3.19. The van der Waals surface area contributed by atoms with Gasteiger partial charge in [0.2, 0.25) is 5.88 Å². The number of aliphatic hydroxyl groups is 1. The highest BCUT2D eigenvalue weighted by Crippen LogP contribution is 2.40. The van der Waals surface area contributed by atoms with Crippen molar-refractivity contribution in [1.82, 2.24) is 10.3 Å². The number of hydrogen-bond acceptors (Lipinski definition) is 4. The first kappa shape index (κ1) is 18.4. The molecule has 2 aromatic rings. The monoisotopic (exact) mass is 354 g/mol. The van der Waals surface area contributed by atoms with E-state index in [2.05, 4.69) is 10.3 Å². The molecule has 5 heteroatoms. The summed E-state index contributed by atoms with van der Waals surface area (Å²) in [4.78, 5) is 17.1. The molecule has 0 saturated heterocycles. The highest BCUT2D eigenvalue weighted by molar-refractivity contribution is 5.86. The fourth-order valence-electron chi connectivity index (χ4n) is 3.19. The van der Waals surface area contributed by atoms with Crippen LogP contribution in [-0.2, 0) is 16.9 Å². The van der Waals surface area contributed by atoms with E-state index < -0.39 is 11.5 Å². The van der Waals surface area contributed by atoms with Crippen LogP contribution in [0.2, 0.25) is 0 Å². The Morgan fingerprint density at radius 3 is 2.77 bits per heavy atom. The van der Waals surface area contributed by atoms with Crippen molar-refractivity contribution in [3.05, 3.63) is 58.8 Å². The molecule has 138 valence electrons. The fraction of sp³-hybridized carbons (Fsp3) is 0.429. The van der Waals surface area contributed by atoms with Crippen LogP contribution in [0.1, 0.15) is 54.4 Å². The lowest BCUT2D eigenvalue weighted by Crippen LogP contribution is -2.43. The van der Waals surface area contributed by atoms with Gasteiger partial charge in [0.1, 0.15) is 0 Å². The van der Waals surface area contributed by atoms with E-state index >= 15 is 0 Å². The number of benzene rings is 1. The van der Waals surface area contributed by atoms with E-state index in [0.717, 1.165) is 11.1 Å². The summed E-state index contributed by atoms with van der Waals surface area (Å²) in [6.07, 6.45) is 4.50. The minimum atomic E-state index is -1.55. The van der Waals surface area contributed by atoms with Crippen molar-refractivity contribution in [2.75, 3.05) is 7.11 Å². The largest absolute Gasteiger partial charge is 0.481 e. The van der Waals surface area contributed by atoms with Crippen molar-refractivity contribution < 1.29 is 14.6 Å². The Balaban J connectivity index is 1.78. The third-order valence-corrected chi connectivity index (χ3v) is 5.01. The SMILES string of the molecule is CC[C@](O)(C(=O)NCc1cc(C2CC2)cnc1OC)c1cccc(C)c1. The zero-order chi connectivity index (χ0) is 18.7. The third-order valence-electron chi connectivity index (χ3n) is 5.01. The molecule has 5 nitrogen and oxygen atoms in total. The van der Waals surface area contributed by atoms with Crippen molar-refractivity contribution in [1.29, 1.82) is 0 Å². The lowest BCUT2D eigenvalue weighted by atomic mass is 9.89. The lowest BCUT2D eigenvalue weighted by molar-refractivity contribution is -0.141. The van der Waals surface area contributed by atoms with Crippen LogP contribution in [0.3, 0.4) is 0 Å².